The van der Waals surface area contributed by atoms with Crippen LogP contribution in [0.1, 0.15) is 16.3 Å². The van der Waals surface area contributed by atoms with Crippen LogP contribution in [0.15, 0.2) is 57.5 Å². The predicted octanol–water partition coefficient (Wildman–Crippen LogP) is 4.90. The van der Waals surface area contributed by atoms with Crippen LogP contribution in [0.4, 0.5) is 0 Å². The minimum absolute atomic E-state index is 0.299. The molecule has 4 aromatic rings. The fourth-order valence-electron chi connectivity index (χ4n) is 2.77. The zero-order chi connectivity index (χ0) is 17.3. The second kappa shape index (κ2) is 6.66. The smallest absolute Gasteiger partial charge is 0.257 e. The van der Waals surface area contributed by atoms with Crippen molar-refractivity contribution in [3.63, 3.8) is 0 Å². The summed E-state index contributed by atoms with van der Waals surface area (Å²) in [7, 11) is 0. The number of fused-ring (bicyclic) bond motifs is 2. The van der Waals surface area contributed by atoms with Crippen LogP contribution >= 0.6 is 23.1 Å². The second-order valence-corrected chi connectivity index (χ2v) is 7.70. The van der Waals surface area contributed by atoms with Crippen molar-refractivity contribution in [3.8, 4) is 11.5 Å². The monoisotopic (exact) mass is 382 g/mol. The number of hydrogen-bond donors (Lipinski definition) is 0. The number of nitrogens with zero attached hydrogens (tertiary/aromatic N) is 2. The van der Waals surface area contributed by atoms with Crippen LogP contribution in [0.2, 0.25) is 0 Å². The van der Waals surface area contributed by atoms with Crippen LogP contribution in [-0.2, 0) is 12.2 Å². The zero-order valence-electron chi connectivity index (χ0n) is 13.7. The molecule has 1 aliphatic rings. The molecule has 0 unspecified atom stereocenters. The minimum Gasteiger partial charge on any atom is -0.454 e. The number of thioether (sulfide) groups is 1. The third-order valence-corrected chi connectivity index (χ3v) is 5.77. The van der Waals surface area contributed by atoms with Crippen molar-refractivity contribution in [3.05, 3.63) is 64.1 Å². The van der Waals surface area contributed by atoms with Gasteiger partial charge in [-0.2, -0.15) is 0 Å². The van der Waals surface area contributed by atoms with Crippen molar-refractivity contribution in [1.82, 2.24) is 9.97 Å². The summed E-state index contributed by atoms with van der Waals surface area (Å²) in [6.45, 7) is 0.299. The van der Waals surface area contributed by atoms with Gasteiger partial charge in [-0.15, -0.1) is 11.3 Å². The lowest BCUT2D eigenvalue weighted by Crippen LogP contribution is -1.93. The summed E-state index contributed by atoms with van der Waals surface area (Å²) in [5.41, 5.74) is 3.91. The maximum Gasteiger partial charge on any atom is 0.257 e. The van der Waals surface area contributed by atoms with Crippen molar-refractivity contribution in [2.24, 2.45) is 0 Å². The summed E-state index contributed by atoms with van der Waals surface area (Å²) in [6, 6.07) is 13.8. The molecule has 130 valence electrons. The average molecular weight is 382 g/mol. The number of para-hydroxylation sites is 2. The van der Waals surface area contributed by atoms with Crippen LogP contribution in [0.25, 0.3) is 11.1 Å². The van der Waals surface area contributed by atoms with E-state index in [2.05, 4.69) is 16.4 Å². The SMILES string of the molecule is c1ccc2oc(SCc3csc(Cc4ccc5c(c4)OCO5)n3)nc2c1. The quantitative estimate of drug-likeness (QED) is 0.458. The Kier molecular flexibility index (Phi) is 4.03. The summed E-state index contributed by atoms with van der Waals surface area (Å²) in [5, 5.41) is 3.85. The lowest BCUT2D eigenvalue weighted by atomic mass is 10.1. The van der Waals surface area contributed by atoms with E-state index in [4.69, 9.17) is 18.9 Å². The summed E-state index contributed by atoms with van der Waals surface area (Å²) in [4.78, 5) is 9.21. The molecule has 5 rings (SSSR count). The van der Waals surface area contributed by atoms with E-state index in [9.17, 15) is 0 Å². The largest absolute Gasteiger partial charge is 0.454 e. The van der Waals surface area contributed by atoms with Crippen LogP contribution < -0.4 is 9.47 Å². The van der Waals surface area contributed by atoms with Gasteiger partial charge in [0, 0.05) is 17.6 Å². The van der Waals surface area contributed by atoms with Gasteiger partial charge in [-0.25, -0.2) is 9.97 Å². The van der Waals surface area contributed by atoms with Gasteiger partial charge >= 0.3 is 0 Å². The Bertz CT molecular complexity index is 1040. The zero-order valence-corrected chi connectivity index (χ0v) is 15.3. The second-order valence-electron chi connectivity index (χ2n) is 5.83. The first-order valence-corrected chi connectivity index (χ1v) is 10.0. The molecule has 3 heterocycles. The lowest BCUT2D eigenvalue weighted by Gasteiger charge is -2.00. The van der Waals surface area contributed by atoms with E-state index in [0.29, 0.717) is 12.0 Å². The van der Waals surface area contributed by atoms with E-state index in [-0.39, 0.29) is 0 Å². The molecule has 0 spiro atoms. The molecule has 0 aliphatic carbocycles. The number of oxazole rings is 1. The van der Waals surface area contributed by atoms with E-state index in [1.165, 1.54) is 5.56 Å². The van der Waals surface area contributed by atoms with Crippen molar-refractivity contribution in [2.75, 3.05) is 6.79 Å². The minimum atomic E-state index is 0.299. The van der Waals surface area contributed by atoms with Crippen LogP contribution in [0, 0.1) is 0 Å². The fourth-order valence-corrected chi connectivity index (χ4v) is 4.43. The number of benzene rings is 2. The first-order valence-electron chi connectivity index (χ1n) is 8.14. The number of thiazole rings is 1. The van der Waals surface area contributed by atoms with E-state index >= 15 is 0 Å². The molecule has 0 saturated carbocycles. The highest BCUT2D eigenvalue weighted by atomic mass is 32.2. The third kappa shape index (κ3) is 3.15. The predicted molar refractivity (Wildman–Crippen MR) is 101 cm³/mol. The van der Waals surface area contributed by atoms with E-state index in [1.807, 2.05) is 36.4 Å². The molecule has 0 amide bonds. The van der Waals surface area contributed by atoms with Gasteiger partial charge in [0.25, 0.3) is 5.22 Å². The maximum atomic E-state index is 5.74. The van der Waals surface area contributed by atoms with Gasteiger partial charge in [0.05, 0.1) is 10.7 Å². The molecular weight excluding hydrogens is 368 g/mol. The number of ether oxygens (including phenoxy) is 2. The molecule has 0 bridgehead atoms. The Labute approximate surface area is 158 Å². The average Bonchev–Trinajstić information content (AvgIpc) is 3.38. The van der Waals surface area contributed by atoms with E-state index < -0.39 is 0 Å². The molecule has 2 aromatic heterocycles. The highest BCUT2D eigenvalue weighted by Crippen LogP contribution is 2.33. The molecule has 7 heteroatoms. The summed E-state index contributed by atoms with van der Waals surface area (Å²) in [5.74, 6) is 2.36. The molecule has 0 radical (unpaired) electrons. The van der Waals surface area contributed by atoms with Gasteiger partial charge in [0.15, 0.2) is 17.1 Å². The third-order valence-electron chi connectivity index (χ3n) is 4.01. The van der Waals surface area contributed by atoms with E-state index in [0.717, 1.165) is 45.5 Å². The molecule has 0 fully saturated rings. The Morgan fingerprint density at radius 3 is 2.92 bits per heavy atom. The molecule has 1 aliphatic heterocycles. The number of hydrogen-bond acceptors (Lipinski definition) is 7. The molecule has 0 atom stereocenters. The molecule has 26 heavy (non-hydrogen) atoms. The van der Waals surface area contributed by atoms with Crippen molar-refractivity contribution in [1.29, 1.82) is 0 Å². The van der Waals surface area contributed by atoms with Gasteiger partial charge in [-0.05, 0) is 29.8 Å². The van der Waals surface area contributed by atoms with Crippen molar-refractivity contribution >= 4 is 34.2 Å². The van der Waals surface area contributed by atoms with Crippen molar-refractivity contribution < 1.29 is 13.9 Å². The Morgan fingerprint density at radius 2 is 1.96 bits per heavy atom. The van der Waals surface area contributed by atoms with Gasteiger partial charge < -0.3 is 13.9 Å². The molecule has 0 saturated heterocycles. The maximum absolute atomic E-state index is 5.74. The summed E-state index contributed by atoms with van der Waals surface area (Å²) < 4.78 is 16.5. The Hall–Kier alpha value is -2.51. The fraction of sp³-hybridized carbons (Fsp3) is 0.158. The standard InChI is InChI=1S/C19H14N2O3S2/c1-2-4-15-14(3-1)21-19(24-15)26-10-13-9-25-18(20-13)8-12-5-6-16-17(7-12)23-11-22-16/h1-7,9H,8,10-11H2. The molecule has 5 nitrogen and oxygen atoms in total. The number of rotatable bonds is 5. The van der Waals surface area contributed by atoms with Gasteiger partial charge in [-0.1, -0.05) is 30.0 Å². The summed E-state index contributed by atoms with van der Waals surface area (Å²) >= 11 is 3.24. The van der Waals surface area contributed by atoms with Gasteiger partial charge in [0.2, 0.25) is 6.79 Å². The molecule has 0 N–H and O–H groups in total. The molecular formula is C19H14N2O3S2. The lowest BCUT2D eigenvalue weighted by molar-refractivity contribution is 0.174. The van der Waals surface area contributed by atoms with Crippen LogP contribution in [-0.4, -0.2) is 16.8 Å². The Balaban J connectivity index is 1.25. The Morgan fingerprint density at radius 1 is 1.04 bits per heavy atom. The first kappa shape index (κ1) is 15.7. The van der Waals surface area contributed by atoms with E-state index in [1.54, 1.807) is 23.1 Å². The molecule has 2 aromatic carbocycles. The highest BCUT2D eigenvalue weighted by molar-refractivity contribution is 7.98. The van der Waals surface area contributed by atoms with Crippen LogP contribution in [0.3, 0.4) is 0 Å². The van der Waals surface area contributed by atoms with Crippen molar-refractivity contribution in [2.45, 2.75) is 17.4 Å². The summed E-state index contributed by atoms with van der Waals surface area (Å²) in [6.07, 6.45) is 0.787. The normalized spacial score (nSPS) is 12.8. The van der Waals surface area contributed by atoms with Gasteiger partial charge in [-0.3, -0.25) is 0 Å². The number of aromatic nitrogens is 2. The topological polar surface area (TPSA) is 57.4 Å². The van der Waals surface area contributed by atoms with Gasteiger partial charge in [0.1, 0.15) is 5.52 Å². The highest BCUT2D eigenvalue weighted by Gasteiger charge is 2.14. The van der Waals surface area contributed by atoms with Crippen LogP contribution in [0.5, 0.6) is 11.5 Å². The first-order chi connectivity index (χ1) is 12.8.